The van der Waals surface area contributed by atoms with Gasteiger partial charge in [0.15, 0.2) is 5.84 Å². The molecule has 0 aromatic heterocycles. The number of halogens is 2. The number of amidine groups is 1. The van der Waals surface area contributed by atoms with E-state index < -0.39 is 0 Å². The zero-order chi connectivity index (χ0) is 14.5. The molecule has 20 heavy (non-hydrogen) atoms. The summed E-state index contributed by atoms with van der Waals surface area (Å²) in [7, 11) is 0. The number of hydrogen-bond donors (Lipinski definition) is 3. The summed E-state index contributed by atoms with van der Waals surface area (Å²) in [5.74, 6) is 0.0410. The SMILES string of the molecule is N/C(=N/O)c1ccc(CNc2ccc(Br)cc2)c(Cl)c1. The zero-order valence-corrected chi connectivity index (χ0v) is 12.8. The first-order valence-corrected chi connectivity index (χ1v) is 7.03. The van der Waals surface area contributed by atoms with Crippen molar-refractivity contribution in [2.75, 3.05) is 5.32 Å². The standard InChI is InChI=1S/C14H13BrClN3O/c15-11-3-5-12(6-4-11)18-8-10-2-1-9(7-13(10)16)14(17)19-20/h1-7,18,20H,8H2,(H2,17,19). The highest BCUT2D eigenvalue weighted by Crippen LogP contribution is 2.20. The summed E-state index contributed by atoms with van der Waals surface area (Å²) in [6.07, 6.45) is 0. The minimum absolute atomic E-state index is 0.0410. The Kier molecular flexibility index (Phi) is 4.87. The molecular weight excluding hydrogens is 342 g/mol. The Morgan fingerprint density at radius 1 is 1.25 bits per heavy atom. The van der Waals surface area contributed by atoms with E-state index in [1.54, 1.807) is 12.1 Å². The van der Waals surface area contributed by atoms with Gasteiger partial charge in [0.2, 0.25) is 0 Å². The molecule has 0 unspecified atom stereocenters. The Labute approximate surface area is 130 Å². The summed E-state index contributed by atoms with van der Waals surface area (Å²) in [6.45, 7) is 0.594. The van der Waals surface area contributed by atoms with Crippen molar-refractivity contribution >= 4 is 39.1 Å². The van der Waals surface area contributed by atoms with E-state index in [0.717, 1.165) is 15.7 Å². The Morgan fingerprint density at radius 3 is 2.55 bits per heavy atom. The highest BCUT2D eigenvalue weighted by atomic mass is 79.9. The summed E-state index contributed by atoms with van der Waals surface area (Å²) >= 11 is 9.57. The summed E-state index contributed by atoms with van der Waals surface area (Å²) in [4.78, 5) is 0. The average Bonchev–Trinajstić information content (AvgIpc) is 2.46. The average molecular weight is 355 g/mol. The summed E-state index contributed by atoms with van der Waals surface area (Å²) < 4.78 is 1.03. The van der Waals surface area contributed by atoms with E-state index in [0.29, 0.717) is 17.1 Å². The second-order valence-electron chi connectivity index (χ2n) is 4.15. The van der Waals surface area contributed by atoms with Crippen molar-refractivity contribution in [2.24, 2.45) is 10.9 Å². The lowest BCUT2D eigenvalue weighted by Gasteiger charge is -2.09. The lowest BCUT2D eigenvalue weighted by atomic mass is 10.1. The van der Waals surface area contributed by atoms with Crippen molar-refractivity contribution in [3.63, 3.8) is 0 Å². The van der Waals surface area contributed by atoms with Gasteiger partial charge in [-0.05, 0) is 35.9 Å². The highest BCUT2D eigenvalue weighted by molar-refractivity contribution is 9.10. The molecule has 0 aliphatic carbocycles. The van der Waals surface area contributed by atoms with E-state index in [1.165, 1.54) is 0 Å². The van der Waals surface area contributed by atoms with Crippen molar-refractivity contribution in [1.29, 1.82) is 0 Å². The Hall–Kier alpha value is -1.72. The number of nitrogens with zero attached hydrogens (tertiary/aromatic N) is 1. The van der Waals surface area contributed by atoms with Crippen LogP contribution < -0.4 is 11.1 Å². The van der Waals surface area contributed by atoms with Crippen molar-refractivity contribution < 1.29 is 5.21 Å². The summed E-state index contributed by atoms with van der Waals surface area (Å²) in [6, 6.07) is 13.2. The van der Waals surface area contributed by atoms with Gasteiger partial charge in [-0.2, -0.15) is 0 Å². The minimum Gasteiger partial charge on any atom is -0.409 e. The Balaban J connectivity index is 2.08. The highest BCUT2D eigenvalue weighted by Gasteiger charge is 2.05. The molecule has 6 heteroatoms. The van der Waals surface area contributed by atoms with Crippen molar-refractivity contribution in [3.05, 3.63) is 63.1 Å². The first-order valence-electron chi connectivity index (χ1n) is 5.86. The third kappa shape index (κ3) is 3.65. The molecule has 0 saturated heterocycles. The van der Waals surface area contributed by atoms with E-state index in [4.69, 9.17) is 22.5 Å². The normalized spacial score (nSPS) is 11.4. The number of nitrogens with one attached hydrogen (secondary N) is 1. The third-order valence-electron chi connectivity index (χ3n) is 2.78. The van der Waals surface area contributed by atoms with Crippen molar-refractivity contribution in [2.45, 2.75) is 6.54 Å². The molecule has 2 aromatic rings. The smallest absolute Gasteiger partial charge is 0.170 e. The van der Waals surface area contributed by atoms with Crippen molar-refractivity contribution in [3.8, 4) is 0 Å². The van der Waals surface area contributed by atoms with Crippen LogP contribution in [0, 0.1) is 0 Å². The fourth-order valence-corrected chi connectivity index (χ4v) is 2.18. The molecule has 0 amide bonds. The van der Waals surface area contributed by atoms with Gasteiger partial charge >= 0.3 is 0 Å². The van der Waals surface area contributed by atoms with Crippen LogP contribution in [0.25, 0.3) is 0 Å². The second kappa shape index (κ2) is 6.63. The maximum Gasteiger partial charge on any atom is 0.170 e. The van der Waals surface area contributed by atoms with Gasteiger partial charge in [0.25, 0.3) is 0 Å². The van der Waals surface area contributed by atoms with E-state index in [-0.39, 0.29) is 5.84 Å². The van der Waals surface area contributed by atoms with Crippen LogP contribution in [0.2, 0.25) is 5.02 Å². The molecule has 0 bridgehead atoms. The van der Waals surface area contributed by atoms with Gasteiger partial charge in [-0.1, -0.05) is 44.8 Å². The predicted octanol–water partition coefficient (Wildman–Crippen LogP) is 3.81. The van der Waals surface area contributed by atoms with Gasteiger partial charge in [0, 0.05) is 27.3 Å². The molecule has 104 valence electrons. The molecule has 0 spiro atoms. The fraction of sp³-hybridized carbons (Fsp3) is 0.0714. The van der Waals surface area contributed by atoms with Crippen LogP contribution in [0.4, 0.5) is 5.69 Å². The number of oxime groups is 1. The Bertz CT molecular complexity index is 629. The molecular formula is C14H13BrClN3O. The van der Waals surface area contributed by atoms with Crippen LogP contribution in [0.3, 0.4) is 0 Å². The maximum atomic E-state index is 8.63. The van der Waals surface area contributed by atoms with Gasteiger partial charge in [0.05, 0.1) is 0 Å². The van der Waals surface area contributed by atoms with E-state index >= 15 is 0 Å². The van der Waals surface area contributed by atoms with Gasteiger partial charge in [-0.25, -0.2) is 0 Å². The fourth-order valence-electron chi connectivity index (χ4n) is 1.67. The molecule has 0 heterocycles. The number of hydrogen-bond acceptors (Lipinski definition) is 3. The zero-order valence-electron chi connectivity index (χ0n) is 10.5. The quantitative estimate of drug-likeness (QED) is 0.338. The molecule has 0 aliphatic rings. The topological polar surface area (TPSA) is 70.6 Å². The number of nitrogens with two attached hydrogens (primary N) is 1. The van der Waals surface area contributed by atoms with Crippen LogP contribution in [0.5, 0.6) is 0 Å². The number of benzene rings is 2. The monoisotopic (exact) mass is 353 g/mol. The number of rotatable bonds is 4. The molecule has 2 rings (SSSR count). The lowest BCUT2D eigenvalue weighted by Crippen LogP contribution is -2.13. The third-order valence-corrected chi connectivity index (χ3v) is 3.66. The molecule has 2 aromatic carbocycles. The van der Waals surface area contributed by atoms with Crippen LogP contribution in [0.15, 0.2) is 52.1 Å². The van der Waals surface area contributed by atoms with E-state index in [2.05, 4.69) is 26.4 Å². The molecule has 4 N–H and O–H groups in total. The van der Waals surface area contributed by atoms with Crippen LogP contribution in [-0.4, -0.2) is 11.0 Å². The summed E-state index contributed by atoms with van der Waals surface area (Å²) in [5, 5.41) is 15.4. The maximum absolute atomic E-state index is 8.63. The van der Waals surface area contributed by atoms with Crippen LogP contribution >= 0.6 is 27.5 Å². The van der Waals surface area contributed by atoms with Gasteiger partial charge < -0.3 is 16.3 Å². The molecule has 0 saturated carbocycles. The predicted molar refractivity (Wildman–Crippen MR) is 85.4 cm³/mol. The first-order chi connectivity index (χ1) is 9.60. The first kappa shape index (κ1) is 14.7. The van der Waals surface area contributed by atoms with Gasteiger partial charge in [-0.3, -0.25) is 0 Å². The van der Waals surface area contributed by atoms with Crippen molar-refractivity contribution in [1.82, 2.24) is 0 Å². The molecule has 0 atom stereocenters. The molecule has 4 nitrogen and oxygen atoms in total. The van der Waals surface area contributed by atoms with E-state index in [1.807, 2.05) is 30.3 Å². The van der Waals surface area contributed by atoms with Gasteiger partial charge in [0.1, 0.15) is 0 Å². The lowest BCUT2D eigenvalue weighted by molar-refractivity contribution is 0.318. The van der Waals surface area contributed by atoms with Crippen LogP contribution in [0.1, 0.15) is 11.1 Å². The van der Waals surface area contributed by atoms with Gasteiger partial charge in [-0.15, -0.1) is 0 Å². The summed E-state index contributed by atoms with van der Waals surface area (Å²) in [5.41, 5.74) is 8.04. The largest absolute Gasteiger partial charge is 0.409 e. The number of anilines is 1. The molecule has 0 fully saturated rings. The van der Waals surface area contributed by atoms with E-state index in [9.17, 15) is 0 Å². The molecule has 0 radical (unpaired) electrons. The second-order valence-corrected chi connectivity index (χ2v) is 5.47. The molecule has 0 aliphatic heterocycles. The minimum atomic E-state index is 0.0410. The Morgan fingerprint density at radius 2 is 1.95 bits per heavy atom. The van der Waals surface area contributed by atoms with Crippen LogP contribution in [-0.2, 0) is 6.54 Å².